The third-order valence-corrected chi connectivity index (χ3v) is 3.07. The molecule has 0 saturated carbocycles. The first-order chi connectivity index (χ1) is 9.24. The molecule has 3 aromatic rings. The molecule has 1 aromatic heterocycles. The molecule has 94 valence electrons. The van der Waals surface area contributed by atoms with E-state index in [0.29, 0.717) is 5.75 Å². The molecule has 0 amide bonds. The number of hydrogen-bond donors (Lipinski definition) is 1. The molecule has 3 rings (SSSR count). The molecule has 1 heterocycles. The number of aromatic hydroxyl groups is 1. The molecule has 0 atom stereocenters. The van der Waals surface area contributed by atoms with Crippen molar-refractivity contribution < 1.29 is 5.11 Å². The van der Waals surface area contributed by atoms with Gasteiger partial charge in [-0.2, -0.15) is 5.10 Å². The second kappa shape index (κ2) is 4.57. The lowest BCUT2D eigenvalue weighted by atomic mass is 10.0. The van der Waals surface area contributed by atoms with Crippen LogP contribution in [0.15, 0.2) is 55.1 Å². The van der Waals surface area contributed by atoms with Crippen LogP contribution in [0, 0.1) is 6.92 Å². The van der Waals surface area contributed by atoms with E-state index < -0.39 is 0 Å². The van der Waals surface area contributed by atoms with E-state index in [1.165, 1.54) is 6.33 Å². The minimum atomic E-state index is 0.292. The summed E-state index contributed by atoms with van der Waals surface area (Å²) >= 11 is 0. The van der Waals surface area contributed by atoms with Gasteiger partial charge < -0.3 is 5.11 Å². The SMILES string of the molecule is Cc1cc(O)ccc1-c1ccc(-n2cncn2)cc1. The van der Waals surface area contributed by atoms with Crippen LogP contribution in [-0.2, 0) is 0 Å². The third kappa shape index (κ3) is 2.20. The van der Waals surface area contributed by atoms with Crippen LogP contribution in [0.1, 0.15) is 5.56 Å². The highest BCUT2D eigenvalue weighted by Gasteiger charge is 2.03. The zero-order chi connectivity index (χ0) is 13.2. The third-order valence-electron chi connectivity index (χ3n) is 3.07. The summed E-state index contributed by atoms with van der Waals surface area (Å²) < 4.78 is 1.72. The second-order valence-electron chi connectivity index (χ2n) is 4.39. The maximum Gasteiger partial charge on any atom is 0.138 e. The topological polar surface area (TPSA) is 50.9 Å². The summed E-state index contributed by atoms with van der Waals surface area (Å²) in [6, 6.07) is 13.5. The highest BCUT2D eigenvalue weighted by Crippen LogP contribution is 2.26. The quantitative estimate of drug-likeness (QED) is 0.761. The largest absolute Gasteiger partial charge is 0.508 e. The number of aromatic nitrogens is 3. The summed E-state index contributed by atoms with van der Waals surface area (Å²) in [6.07, 6.45) is 3.18. The molecule has 4 nitrogen and oxygen atoms in total. The van der Waals surface area contributed by atoms with E-state index in [-0.39, 0.29) is 0 Å². The summed E-state index contributed by atoms with van der Waals surface area (Å²) in [6.45, 7) is 1.99. The molecule has 2 aromatic carbocycles. The lowest BCUT2D eigenvalue weighted by Crippen LogP contribution is -1.93. The molecule has 0 fully saturated rings. The monoisotopic (exact) mass is 251 g/mol. The Morgan fingerprint density at radius 1 is 1.05 bits per heavy atom. The lowest BCUT2D eigenvalue weighted by Gasteiger charge is -2.07. The van der Waals surface area contributed by atoms with Crippen LogP contribution < -0.4 is 0 Å². The van der Waals surface area contributed by atoms with Crippen LogP contribution in [0.5, 0.6) is 5.75 Å². The summed E-state index contributed by atoms with van der Waals surface area (Å²) in [5, 5.41) is 13.5. The summed E-state index contributed by atoms with van der Waals surface area (Å²) in [5.41, 5.74) is 4.25. The number of aryl methyl sites for hydroxylation is 1. The lowest BCUT2D eigenvalue weighted by molar-refractivity contribution is 0.475. The van der Waals surface area contributed by atoms with Crippen molar-refractivity contribution in [3.8, 4) is 22.6 Å². The Kier molecular flexibility index (Phi) is 2.76. The maximum absolute atomic E-state index is 9.43. The summed E-state index contributed by atoms with van der Waals surface area (Å²) in [7, 11) is 0. The van der Waals surface area contributed by atoms with Crippen molar-refractivity contribution in [2.24, 2.45) is 0 Å². The fraction of sp³-hybridized carbons (Fsp3) is 0.0667. The van der Waals surface area contributed by atoms with E-state index in [4.69, 9.17) is 0 Å². The van der Waals surface area contributed by atoms with Gasteiger partial charge >= 0.3 is 0 Å². The molecule has 0 saturated heterocycles. The molecule has 0 spiro atoms. The van der Waals surface area contributed by atoms with Gasteiger partial charge in [-0.25, -0.2) is 9.67 Å². The van der Waals surface area contributed by atoms with E-state index in [1.54, 1.807) is 23.1 Å². The van der Waals surface area contributed by atoms with Gasteiger partial charge in [0.2, 0.25) is 0 Å². The first-order valence-corrected chi connectivity index (χ1v) is 5.99. The normalized spacial score (nSPS) is 10.6. The average Bonchev–Trinajstić information content (AvgIpc) is 2.93. The van der Waals surface area contributed by atoms with E-state index >= 15 is 0 Å². The molecule has 0 unspecified atom stereocenters. The number of phenolic OH excluding ortho intramolecular Hbond substituents is 1. The minimum Gasteiger partial charge on any atom is -0.508 e. The van der Waals surface area contributed by atoms with Gasteiger partial charge in [0.05, 0.1) is 5.69 Å². The van der Waals surface area contributed by atoms with Crippen LogP contribution in [-0.4, -0.2) is 19.9 Å². The first kappa shape index (κ1) is 11.5. The number of rotatable bonds is 2. The Hall–Kier alpha value is -2.62. The number of phenols is 1. The zero-order valence-corrected chi connectivity index (χ0v) is 10.5. The molecular formula is C15H13N3O. The van der Waals surface area contributed by atoms with Crippen LogP contribution in [0.4, 0.5) is 0 Å². The molecular weight excluding hydrogens is 238 g/mol. The molecule has 1 N–H and O–H groups in total. The Morgan fingerprint density at radius 2 is 1.84 bits per heavy atom. The average molecular weight is 251 g/mol. The van der Waals surface area contributed by atoms with Crippen molar-refractivity contribution in [3.05, 3.63) is 60.7 Å². The molecule has 0 bridgehead atoms. The molecule has 4 heteroatoms. The smallest absolute Gasteiger partial charge is 0.138 e. The van der Waals surface area contributed by atoms with Gasteiger partial charge in [0.1, 0.15) is 18.4 Å². The van der Waals surface area contributed by atoms with Crippen molar-refractivity contribution >= 4 is 0 Å². The van der Waals surface area contributed by atoms with Crippen LogP contribution in [0.25, 0.3) is 16.8 Å². The highest BCUT2D eigenvalue weighted by atomic mass is 16.3. The Morgan fingerprint density at radius 3 is 2.47 bits per heavy atom. The van der Waals surface area contributed by atoms with E-state index in [0.717, 1.165) is 22.4 Å². The van der Waals surface area contributed by atoms with E-state index in [2.05, 4.69) is 10.1 Å². The molecule has 0 aliphatic carbocycles. The number of benzene rings is 2. The Labute approximate surface area is 111 Å². The highest BCUT2D eigenvalue weighted by molar-refractivity contribution is 5.68. The number of nitrogens with zero attached hydrogens (tertiary/aromatic N) is 3. The Balaban J connectivity index is 1.98. The molecule has 0 aliphatic rings. The van der Waals surface area contributed by atoms with E-state index in [1.807, 2.05) is 37.3 Å². The predicted octanol–water partition coefficient (Wildman–Crippen LogP) is 2.95. The zero-order valence-electron chi connectivity index (χ0n) is 10.5. The standard InChI is InChI=1S/C15H13N3O/c1-11-8-14(19)6-7-15(11)12-2-4-13(5-3-12)18-10-16-9-17-18/h2-10,19H,1H3. The summed E-state index contributed by atoms with van der Waals surface area (Å²) in [5.74, 6) is 0.292. The molecule has 0 aliphatic heterocycles. The predicted molar refractivity (Wildman–Crippen MR) is 73.2 cm³/mol. The van der Waals surface area contributed by atoms with Crippen molar-refractivity contribution in [2.45, 2.75) is 6.92 Å². The van der Waals surface area contributed by atoms with Gasteiger partial charge in [-0.3, -0.25) is 0 Å². The Bertz CT molecular complexity index is 688. The van der Waals surface area contributed by atoms with Crippen LogP contribution in [0.2, 0.25) is 0 Å². The minimum absolute atomic E-state index is 0.292. The molecule has 0 radical (unpaired) electrons. The van der Waals surface area contributed by atoms with Crippen LogP contribution in [0.3, 0.4) is 0 Å². The van der Waals surface area contributed by atoms with Gasteiger partial charge in [-0.05, 0) is 47.9 Å². The van der Waals surface area contributed by atoms with Gasteiger partial charge in [0, 0.05) is 0 Å². The van der Waals surface area contributed by atoms with Crippen molar-refractivity contribution in [2.75, 3.05) is 0 Å². The van der Waals surface area contributed by atoms with Gasteiger partial charge in [-0.15, -0.1) is 0 Å². The maximum atomic E-state index is 9.43. The molecule has 19 heavy (non-hydrogen) atoms. The fourth-order valence-corrected chi connectivity index (χ4v) is 2.11. The fourth-order valence-electron chi connectivity index (χ4n) is 2.11. The van der Waals surface area contributed by atoms with Gasteiger partial charge in [0.15, 0.2) is 0 Å². The van der Waals surface area contributed by atoms with Crippen molar-refractivity contribution in [1.29, 1.82) is 0 Å². The van der Waals surface area contributed by atoms with Crippen molar-refractivity contribution in [1.82, 2.24) is 14.8 Å². The van der Waals surface area contributed by atoms with Crippen molar-refractivity contribution in [3.63, 3.8) is 0 Å². The number of hydrogen-bond acceptors (Lipinski definition) is 3. The summed E-state index contributed by atoms with van der Waals surface area (Å²) in [4.78, 5) is 3.93. The van der Waals surface area contributed by atoms with Gasteiger partial charge in [0.25, 0.3) is 0 Å². The van der Waals surface area contributed by atoms with Gasteiger partial charge in [-0.1, -0.05) is 18.2 Å². The second-order valence-corrected chi connectivity index (χ2v) is 4.39. The van der Waals surface area contributed by atoms with E-state index in [9.17, 15) is 5.11 Å². The van der Waals surface area contributed by atoms with Crippen LogP contribution >= 0.6 is 0 Å². The first-order valence-electron chi connectivity index (χ1n) is 5.99.